The first-order valence-electron chi connectivity index (χ1n) is 4.52. The van der Waals surface area contributed by atoms with Crippen LogP contribution in [0.4, 0.5) is 0 Å². The Balaban J connectivity index is 2.26. The largest absolute Gasteiger partial charge is 0.336 e. The predicted molar refractivity (Wildman–Crippen MR) is 47.9 cm³/mol. The first-order valence-corrected chi connectivity index (χ1v) is 4.52. The van der Waals surface area contributed by atoms with Gasteiger partial charge in [0.2, 0.25) is 0 Å². The van der Waals surface area contributed by atoms with Crippen LogP contribution in [0, 0.1) is 0 Å². The van der Waals surface area contributed by atoms with Crippen molar-refractivity contribution in [1.82, 2.24) is 14.5 Å². The van der Waals surface area contributed by atoms with Crippen molar-refractivity contribution in [3.05, 3.63) is 17.7 Å². The Kier molecular flexibility index (Phi) is 1.89. The number of hydrogen-bond acceptors (Lipinski definition) is 2. The van der Waals surface area contributed by atoms with Crippen LogP contribution in [-0.4, -0.2) is 27.5 Å². The fourth-order valence-electron chi connectivity index (χ4n) is 1.74. The molecule has 0 bridgehead atoms. The van der Waals surface area contributed by atoms with Crippen molar-refractivity contribution < 1.29 is 0 Å². The molecule has 0 spiro atoms. The van der Waals surface area contributed by atoms with E-state index in [2.05, 4.69) is 28.4 Å². The normalized spacial score (nSPS) is 17.8. The molecule has 0 aromatic carbocycles. The SMILES string of the molecule is CCN1CCc2ncn(C)c2C1. The first-order chi connectivity index (χ1) is 5.81. The molecule has 0 amide bonds. The van der Waals surface area contributed by atoms with Gasteiger partial charge < -0.3 is 4.57 Å². The van der Waals surface area contributed by atoms with Gasteiger partial charge in [-0.25, -0.2) is 4.98 Å². The van der Waals surface area contributed by atoms with Crippen molar-refractivity contribution in [3.63, 3.8) is 0 Å². The van der Waals surface area contributed by atoms with E-state index >= 15 is 0 Å². The molecule has 12 heavy (non-hydrogen) atoms. The van der Waals surface area contributed by atoms with E-state index in [0.717, 1.165) is 19.5 Å². The van der Waals surface area contributed by atoms with Gasteiger partial charge in [-0.3, -0.25) is 4.90 Å². The third-order valence-corrected chi connectivity index (χ3v) is 2.63. The molecule has 0 aliphatic carbocycles. The van der Waals surface area contributed by atoms with Crippen LogP contribution in [0.3, 0.4) is 0 Å². The quantitative estimate of drug-likeness (QED) is 0.613. The highest BCUT2D eigenvalue weighted by molar-refractivity contribution is 5.15. The lowest BCUT2D eigenvalue weighted by Gasteiger charge is -2.25. The molecule has 66 valence electrons. The Labute approximate surface area is 73.0 Å². The maximum Gasteiger partial charge on any atom is 0.0949 e. The van der Waals surface area contributed by atoms with E-state index in [1.54, 1.807) is 0 Å². The van der Waals surface area contributed by atoms with Crippen molar-refractivity contribution in [2.75, 3.05) is 13.1 Å². The highest BCUT2D eigenvalue weighted by atomic mass is 15.2. The van der Waals surface area contributed by atoms with Gasteiger partial charge in [-0.1, -0.05) is 6.92 Å². The molecular formula is C9H15N3. The lowest BCUT2D eigenvalue weighted by molar-refractivity contribution is 0.260. The number of rotatable bonds is 1. The van der Waals surface area contributed by atoms with Crippen LogP contribution < -0.4 is 0 Å². The molecule has 1 aromatic rings. The topological polar surface area (TPSA) is 21.1 Å². The summed E-state index contributed by atoms with van der Waals surface area (Å²) in [6.07, 6.45) is 3.04. The Hall–Kier alpha value is -0.830. The van der Waals surface area contributed by atoms with E-state index in [1.807, 2.05) is 6.33 Å². The smallest absolute Gasteiger partial charge is 0.0949 e. The molecular weight excluding hydrogens is 150 g/mol. The summed E-state index contributed by atoms with van der Waals surface area (Å²) in [5, 5.41) is 0. The van der Waals surface area contributed by atoms with Gasteiger partial charge in [-0.2, -0.15) is 0 Å². The molecule has 2 rings (SSSR count). The average molecular weight is 165 g/mol. The highest BCUT2D eigenvalue weighted by Gasteiger charge is 2.17. The maximum atomic E-state index is 4.36. The zero-order valence-corrected chi connectivity index (χ0v) is 7.75. The van der Waals surface area contributed by atoms with E-state index < -0.39 is 0 Å². The Morgan fingerprint density at radius 2 is 2.42 bits per heavy atom. The van der Waals surface area contributed by atoms with E-state index in [4.69, 9.17) is 0 Å². The van der Waals surface area contributed by atoms with E-state index in [0.29, 0.717) is 0 Å². The minimum atomic E-state index is 1.07. The Morgan fingerprint density at radius 1 is 1.58 bits per heavy atom. The number of aryl methyl sites for hydroxylation is 1. The number of fused-ring (bicyclic) bond motifs is 1. The molecule has 1 aliphatic rings. The number of likely N-dealkylation sites (N-methyl/N-ethyl adjacent to an activating group) is 1. The molecule has 0 atom stereocenters. The Morgan fingerprint density at radius 3 is 3.17 bits per heavy atom. The molecule has 3 heteroatoms. The van der Waals surface area contributed by atoms with Crippen LogP contribution in [0.15, 0.2) is 6.33 Å². The van der Waals surface area contributed by atoms with E-state index in [1.165, 1.54) is 17.9 Å². The summed E-state index contributed by atoms with van der Waals surface area (Å²) in [5.41, 5.74) is 2.69. The van der Waals surface area contributed by atoms with Gasteiger partial charge in [0.25, 0.3) is 0 Å². The number of aromatic nitrogens is 2. The van der Waals surface area contributed by atoms with Gasteiger partial charge in [0.15, 0.2) is 0 Å². The van der Waals surface area contributed by atoms with Gasteiger partial charge in [-0.05, 0) is 6.54 Å². The Bertz CT molecular complexity index is 277. The second kappa shape index (κ2) is 2.90. The van der Waals surface area contributed by atoms with E-state index in [-0.39, 0.29) is 0 Å². The second-order valence-corrected chi connectivity index (χ2v) is 3.37. The average Bonchev–Trinajstić information content (AvgIpc) is 2.47. The van der Waals surface area contributed by atoms with Gasteiger partial charge in [-0.15, -0.1) is 0 Å². The monoisotopic (exact) mass is 165 g/mol. The van der Waals surface area contributed by atoms with Gasteiger partial charge >= 0.3 is 0 Å². The molecule has 0 radical (unpaired) electrons. The zero-order valence-electron chi connectivity index (χ0n) is 7.75. The van der Waals surface area contributed by atoms with Crippen molar-refractivity contribution in [3.8, 4) is 0 Å². The summed E-state index contributed by atoms with van der Waals surface area (Å²) in [4.78, 5) is 6.81. The predicted octanol–water partition coefficient (Wildman–Crippen LogP) is 0.798. The van der Waals surface area contributed by atoms with Crippen molar-refractivity contribution in [2.45, 2.75) is 19.9 Å². The van der Waals surface area contributed by atoms with Crippen molar-refractivity contribution >= 4 is 0 Å². The molecule has 1 aromatic heterocycles. The molecule has 0 fully saturated rings. The van der Waals surface area contributed by atoms with Crippen LogP contribution in [-0.2, 0) is 20.0 Å². The summed E-state index contributed by atoms with van der Waals surface area (Å²) in [5.74, 6) is 0. The minimum Gasteiger partial charge on any atom is -0.336 e. The van der Waals surface area contributed by atoms with Crippen LogP contribution in [0.2, 0.25) is 0 Å². The van der Waals surface area contributed by atoms with Crippen LogP contribution in [0.5, 0.6) is 0 Å². The van der Waals surface area contributed by atoms with Crippen molar-refractivity contribution in [1.29, 1.82) is 0 Å². The van der Waals surface area contributed by atoms with Crippen LogP contribution in [0.25, 0.3) is 0 Å². The molecule has 3 nitrogen and oxygen atoms in total. The summed E-state index contributed by atoms with van der Waals surface area (Å²) in [7, 11) is 2.07. The molecule has 0 saturated heterocycles. The fraction of sp³-hybridized carbons (Fsp3) is 0.667. The molecule has 2 heterocycles. The van der Waals surface area contributed by atoms with Gasteiger partial charge in [0, 0.05) is 26.6 Å². The van der Waals surface area contributed by atoms with E-state index in [9.17, 15) is 0 Å². The summed E-state index contributed by atoms with van der Waals surface area (Å²) in [6, 6.07) is 0. The highest BCUT2D eigenvalue weighted by Crippen LogP contribution is 2.15. The van der Waals surface area contributed by atoms with Crippen LogP contribution >= 0.6 is 0 Å². The van der Waals surface area contributed by atoms with Crippen LogP contribution in [0.1, 0.15) is 18.3 Å². The third kappa shape index (κ3) is 1.14. The lowest BCUT2D eigenvalue weighted by Crippen LogP contribution is -2.31. The fourth-order valence-corrected chi connectivity index (χ4v) is 1.74. The summed E-state index contributed by atoms with van der Waals surface area (Å²) < 4.78 is 2.14. The molecule has 0 saturated carbocycles. The molecule has 0 N–H and O–H groups in total. The lowest BCUT2D eigenvalue weighted by atomic mass is 10.1. The first kappa shape index (κ1) is 7.80. The second-order valence-electron chi connectivity index (χ2n) is 3.37. The maximum absolute atomic E-state index is 4.36. The third-order valence-electron chi connectivity index (χ3n) is 2.63. The van der Waals surface area contributed by atoms with Crippen molar-refractivity contribution in [2.24, 2.45) is 7.05 Å². The number of nitrogens with zero attached hydrogens (tertiary/aromatic N) is 3. The standard InChI is InChI=1S/C9H15N3/c1-3-12-5-4-8-9(6-12)11(2)7-10-8/h7H,3-6H2,1-2H3. The summed E-state index contributed by atoms with van der Waals surface area (Å²) >= 11 is 0. The molecule has 1 aliphatic heterocycles. The number of imidazole rings is 1. The number of hydrogen-bond donors (Lipinski definition) is 0. The molecule has 0 unspecified atom stereocenters. The van der Waals surface area contributed by atoms with Gasteiger partial charge in [0.05, 0.1) is 17.7 Å². The summed E-state index contributed by atoms with van der Waals surface area (Å²) in [6.45, 7) is 5.59. The zero-order chi connectivity index (χ0) is 8.55. The minimum absolute atomic E-state index is 1.07. The van der Waals surface area contributed by atoms with Gasteiger partial charge in [0.1, 0.15) is 0 Å².